The fourth-order valence-corrected chi connectivity index (χ4v) is 10.8. The van der Waals surface area contributed by atoms with Crippen LogP contribution in [0.1, 0.15) is 99.0 Å². The molecular formula is C68H95FN16O17S. The number of primary amides is 1. The van der Waals surface area contributed by atoms with Crippen molar-refractivity contribution in [1.82, 2.24) is 68.5 Å². The van der Waals surface area contributed by atoms with Crippen molar-refractivity contribution in [1.29, 1.82) is 0 Å². The molecule has 5 rings (SSSR count). The summed E-state index contributed by atoms with van der Waals surface area (Å²) in [5.74, 6) is -13.5. The maximum absolute atomic E-state index is 15.4. The highest BCUT2D eigenvalue weighted by molar-refractivity contribution is 7.59. The lowest BCUT2D eigenvalue weighted by atomic mass is 9.90. The van der Waals surface area contributed by atoms with Gasteiger partial charge in [0.2, 0.25) is 59.1 Å². The molecule has 0 unspecified atom stereocenters. The Morgan fingerprint density at radius 2 is 1.26 bits per heavy atom. The first-order valence-electron chi connectivity index (χ1n) is 33.0. The smallest absolute Gasteiger partial charge is 0.305 e. The zero-order valence-electron chi connectivity index (χ0n) is 58.0. The summed E-state index contributed by atoms with van der Waals surface area (Å²) in [6.07, 6.45) is -2.91. The lowest BCUT2D eigenvalue weighted by Crippen LogP contribution is -2.67. The van der Waals surface area contributed by atoms with Gasteiger partial charge in [-0.25, -0.2) is 4.39 Å². The number of benzene rings is 4. The van der Waals surface area contributed by atoms with Crippen LogP contribution in [0.4, 0.5) is 4.39 Å². The summed E-state index contributed by atoms with van der Waals surface area (Å²) in [6, 6.07) is 9.72. The average molecular weight is 1460 g/mol. The highest BCUT2D eigenvalue weighted by atomic mass is 32.1. The van der Waals surface area contributed by atoms with Crippen molar-refractivity contribution < 1.29 is 87.4 Å². The molecule has 0 radical (unpaired) electrons. The minimum Gasteiger partial charge on any atom is -0.494 e. The van der Waals surface area contributed by atoms with Crippen LogP contribution in [0.3, 0.4) is 0 Å². The molecule has 4 aromatic carbocycles. The van der Waals surface area contributed by atoms with Crippen LogP contribution >= 0.6 is 13.5 Å². The summed E-state index contributed by atoms with van der Waals surface area (Å²) >= 11 is 0. The van der Waals surface area contributed by atoms with E-state index in [1.54, 1.807) is 24.3 Å². The van der Waals surface area contributed by atoms with E-state index in [1.807, 2.05) is 57.2 Å². The normalized spacial score (nSPS) is 14.6. The number of carbonyl (C=O) groups is 11. The number of nitrogens with two attached hydrogens (primary N) is 3. The molecule has 0 spiro atoms. The molecule has 103 heavy (non-hydrogen) atoms. The van der Waals surface area contributed by atoms with Gasteiger partial charge in [0.05, 0.1) is 45.0 Å². The lowest BCUT2D eigenvalue weighted by Gasteiger charge is -2.34. The van der Waals surface area contributed by atoms with E-state index in [9.17, 15) is 78.3 Å². The van der Waals surface area contributed by atoms with Crippen LogP contribution < -0.4 is 69.8 Å². The Balaban J connectivity index is 0.0000225. The number of aryl methyl sites for hydroxylation is 4. The average Bonchev–Trinajstić information content (AvgIpc) is 0.989. The van der Waals surface area contributed by atoms with Gasteiger partial charge in [0.1, 0.15) is 65.4 Å². The number of ether oxygens (including phenoxy) is 1. The van der Waals surface area contributed by atoms with Crippen LogP contribution in [-0.4, -0.2) is 210 Å². The first-order valence-corrected chi connectivity index (χ1v) is 33.0. The fraction of sp³-hybridized carbons (Fsp3) is 0.471. The van der Waals surface area contributed by atoms with Crippen molar-refractivity contribution >= 4 is 78.5 Å². The van der Waals surface area contributed by atoms with Crippen LogP contribution in [0.15, 0.2) is 84.9 Å². The number of rotatable bonds is 42. The van der Waals surface area contributed by atoms with E-state index in [4.69, 9.17) is 21.9 Å². The molecule has 0 bridgehead atoms. The van der Waals surface area contributed by atoms with E-state index in [-0.39, 0.29) is 44.1 Å². The zero-order valence-corrected chi connectivity index (χ0v) is 59.0. The third-order valence-corrected chi connectivity index (χ3v) is 16.3. The molecular weight excluding hydrogens is 1360 g/mol. The third-order valence-electron chi connectivity index (χ3n) is 16.3. The van der Waals surface area contributed by atoms with Crippen molar-refractivity contribution in [2.75, 3.05) is 32.9 Å². The summed E-state index contributed by atoms with van der Waals surface area (Å²) in [5, 5.41) is 85.5. The second-order valence-electron chi connectivity index (χ2n) is 24.9. The topological polar surface area (TPSA) is 539 Å². The maximum Gasteiger partial charge on any atom is 0.305 e. The summed E-state index contributed by atoms with van der Waals surface area (Å²) < 4.78 is 21.3. The van der Waals surface area contributed by atoms with E-state index in [2.05, 4.69) is 68.5 Å². The van der Waals surface area contributed by atoms with Gasteiger partial charge in [-0.05, 0) is 131 Å². The number of H-pyrrole nitrogens is 1. The van der Waals surface area contributed by atoms with Crippen LogP contribution in [0.5, 0.6) is 5.75 Å². The molecule has 1 aromatic heterocycles. The van der Waals surface area contributed by atoms with E-state index in [0.29, 0.717) is 43.7 Å². The number of aliphatic carboxylic acids is 1. The predicted octanol–water partition coefficient (Wildman–Crippen LogP) is -3.12. The predicted molar refractivity (Wildman–Crippen MR) is 376 cm³/mol. The Labute approximate surface area is 600 Å². The molecule has 562 valence electrons. The Morgan fingerprint density at radius 1 is 0.660 bits per heavy atom. The van der Waals surface area contributed by atoms with Crippen molar-refractivity contribution in [3.63, 3.8) is 0 Å². The Bertz CT molecular complexity index is 3680. The molecule has 21 N–H and O–H groups in total. The van der Waals surface area contributed by atoms with Gasteiger partial charge in [-0.3, -0.25) is 52.7 Å². The maximum atomic E-state index is 15.4. The molecule has 0 aliphatic heterocycles. The van der Waals surface area contributed by atoms with E-state index >= 15 is 4.39 Å². The number of carbonyl (C=O) groups excluding carboxylic acids is 10. The first kappa shape index (κ1) is 85.4. The lowest BCUT2D eigenvalue weighted by molar-refractivity contribution is -0.142. The van der Waals surface area contributed by atoms with Gasteiger partial charge in [0.15, 0.2) is 5.82 Å². The molecule has 11 atom stereocenters. The summed E-state index contributed by atoms with van der Waals surface area (Å²) in [5.41, 5.74) is 20.6. The number of unbranched alkanes of at least 4 members (excludes halogenated alkanes) is 1. The van der Waals surface area contributed by atoms with Gasteiger partial charge >= 0.3 is 5.97 Å². The number of amides is 10. The SMILES string of the molecule is CCc1cc(OCCCCN)ccc1-c1ccc(C[C@H](NC(=O)[C@H](CC(=O)O)NC(=O)[C@H](CO)NC(=O)[C@@H](NC(=O)[C@](C)(Cc2ccccc2F)NC(=O)[C@@H](NC(=O)CNC(=O)[C@H](Cc2nn[nH]n2)NC(=O)[C@@H](N)CO)[C@@H](C)O)[C@@H](C)O)C(=O)N[C@@H](CCCc2cc(C)cc(C)c2)C(N)=O)cc1.S. The summed E-state index contributed by atoms with van der Waals surface area (Å²) in [7, 11) is 0. The monoisotopic (exact) mass is 1460 g/mol. The highest BCUT2D eigenvalue weighted by Crippen LogP contribution is 2.29. The molecule has 5 aromatic rings. The molecule has 1 heterocycles. The van der Waals surface area contributed by atoms with Gasteiger partial charge in [0, 0.05) is 19.3 Å². The first-order chi connectivity index (χ1) is 48.4. The second kappa shape index (κ2) is 41.8. The molecule has 35 heteroatoms. The van der Waals surface area contributed by atoms with Crippen molar-refractivity contribution in [2.45, 2.75) is 172 Å². The number of carboxylic acid groups (broad SMARTS) is 1. The van der Waals surface area contributed by atoms with Gasteiger partial charge in [-0.1, -0.05) is 90.0 Å². The number of hydrogen-bond acceptors (Lipinski definition) is 21. The third kappa shape index (κ3) is 27.0. The molecule has 33 nitrogen and oxygen atoms in total. The number of aliphatic hydroxyl groups excluding tert-OH is 4. The van der Waals surface area contributed by atoms with Crippen LogP contribution in [0, 0.1) is 19.7 Å². The molecule has 0 saturated heterocycles. The fourth-order valence-electron chi connectivity index (χ4n) is 10.8. The van der Waals surface area contributed by atoms with Crippen LogP contribution in [0.2, 0.25) is 0 Å². The van der Waals surface area contributed by atoms with Crippen LogP contribution in [0.25, 0.3) is 11.1 Å². The van der Waals surface area contributed by atoms with Crippen molar-refractivity contribution in [2.24, 2.45) is 17.2 Å². The number of tetrazole rings is 1. The second-order valence-corrected chi connectivity index (χ2v) is 24.9. The van der Waals surface area contributed by atoms with E-state index in [1.165, 1.54) is 18.2 Å². The van der Waals surface area contributed by atoms with Gasteiger partial charge in [-0.15, -0.1) is 10.2 Å². The molecule has 0 saturated carbocycles. The quantitative estimate of drug-likeness (QED) is 0.0172. The molecule has 0 aliphatic rings. The Morgan fingerprint density at radius 3 is 1.85 bits per heavy atom. The number of nitrogens with one attached hydrogen (secondary N) is 10. The molecule has 0 fully saturated rings. The summed E-state index contributed by atoms with van der Waals surface area (Å²) in [6.45, 7) is 7.10. The molecule has 10 amide bonds. The van der Waals surface area contributed by atoms with E-state index < -0.39 is 170 Å². The van der Waals surface area contributed by atoms with Gasteiger partial charge < -0.3 is 95.3 Å². The minimum atomic E-state index is -2.38. The van der Waals surface area contributed by atoms with Gasteiger partial charge in [0.25, 0.3) is 0 Å². The Kier molecular flexibility index (Phi) is 34.6. The number of aliphatic hydroxyl groups is 4. The summed E-state index contributed by atoms with van der Waals surface area (Å²) in [4.78, 5) is 150. The van der Waals surface area contributed by atoms with E-state index in [0.717, 1.165) is 73.1 Å². The Hall–Kier alpha value is -10.0. The highest BCUT2D eigenvalue weighted by Gasteiger charge is 2.43. The largest absolute Gasteiger partial charge is 0.494 e. The number of aromatic amines is 1. The number of hydrogen-bond donors (Lipinski definition) is 18. The number of nitrogens with zero attached hydrogens (tertiary/aromatic N) is 3. The minimum absolute atomic E-state index is 0. The number of halogens is 1. The number of aromatic nitrogens is 4. The standard InChI is InChI=1S/C68H93FN16O17.H2S/c1-7-42-29-45(102-24-11-10-23-70)21-22-46(42)43-19-17-40(18-20-43)28-50(62(96)74-49(59(72)93)16-12-13-41-26-36(2)25-37(3)27-41)76-63(97)52(31-56(91)92)77-64(98)53(35-87)78-65(99)57(38(4)88)80-67(101)68(6,32-44-14-8-9-15-47(44)69)81-66(100)58(39(5)89)79-55(90)33-73-61(95)51(30-54-82-84-85-83-54)75-60(94)48(71)34-86;/h8-9,14-15,17-22,25-27,29,38-39,48-53,57-58,86-89H,7,10-13,16,23-24,28,30-35,70-71H2,1-6H3,(H2,72,93)(H,73,95)(H,74,96)(H,75,94)(H,76,97)(H,77,98)(H,78,99)(H,79,90)(H,80,101)(H,81,100)(H,91,92)(H,82,83,84,85);1H2/t38-,39-,48+,49+,50+,51+,52+,53+,57+,58+,68+;/m1./s1. The zero-order chi connectivity index (χ0) is 75.4. The van der Waals surface area contributed by atoms with Crippen molar-refractivity contribution in [3.05, 3.63) is 130 Å². The van der Waals surface area contributed by atoms with Crippen molar-refractivity contribution in [3.8, 4) is 16.9 Å². The molecule has 0 aliphatic carbocycles. The number of carboxylic acids is 1. The van der Waals surface area contributed by atoms with Gasteiger partial charge in [-0.2, -0.15) is 18.7 Å². The van der Waals surface area contributed by atoms with Crippen LogP contribution in [-0.2, 0) is 84.8 Å².